The van der Waals surface area contributed by atoms with Gasteiger partial charge in [-0.3, -0.25) is 0 Å². The normalized spacial score (nSPS) is 21.6. The van der Waals surface area contributed by atoms with Crippen LogP contribution in [0, 0.1) is 6.92 Å². The average Bonchev–Trinajstić information content (AvgIpc) is 2.97. The Bertz CT molecular complexity index is 847. The van der Waals surface area contributed by atoms with Crippen LogP contribution in [0.15, 0.2) is 47.4 Å². The zero-order valence-electron chi connectivity index (χ0n) is 12.8. The summed E-state index contributed by atoms with van der Waals surface area (Å²) in [7, 11) is -3.49. The van der Waals surface area contributed by atoms with Gasteiger partial charge in [-0.1, -0.05) is 17.7 Å². The summed E-state index contributed by atoms with van der Waals surface area (Å²) in [6, 6.07) is 12.9. The highest BCUT2D eigenvalue weighted by Gasteiger charge is 2.37. The number of nitrogens with zero attached hydrogens (tertiary/aromatic N) is 1. The van der Waals surface area contributed by atoms with Crippen molar-refractivity contribution in [2.24, 2.45) is 0 Å². The van der Waals surface area contributed by atoms with E-state index in [1.807, 2.05) is 43.3 Å². The number of aryl methyl sites for hydroxylation is 1. The Morgan fingerprint density at radius 3 is 2.65 bits per heavy atom. The van der Waals surface area contributed by atoms with Gasteiger partial charge in [0.15, 0.2) is 0 Å². The van der Waals surface area contributed by atoms with Gasteiger partial charge in [0.25, 0.3) is 0 Å². The Labute approximate surface area is 135 Å². The molecule has 1 atom stereocenters. The summed E-state index contributed by atoms with van der Waals surface area (Å²) in [6.45, 7) is 2.88. The lowest BCUT2D eigenvalue weighted by Gasteiger charge is -2.33. The van der Waals surface area contributed by atoms with Crippen molar-refractivity contribution in [3.8, 4) is 11.5 Å². The van der Waals surface area contributed by atoms with Crippen molar-refractivity contribution in [2.75, 3.05) is 11.4 Å². The van der Waals surface area contributed by atoms with Crippen LogP contribution >= 0.6 is 0 Å². The quantitative estimate of drug-likeness (QED) is 0.919. The fourth-order valence-electron chi connectivity index (χ4n) is 3.17. The summed E-state index contributed by atoms with van der Waals surface area (Å²) in [4.78, 5) is 2.41. The smallest absolute Gasteiger partial charge is 0.244 e. The van der Waals surface area contributed by atoms with E-state index in [1.165, 1.54) is 0 Å². The number of sulfonamides is 1. The van der Waals surface area contributed by atoms with Crippen LogP contribution in [0.25, 0.3) is 0 Å². The summed E-state index contributed by atoms with van der Waals surface area (Å²) in [5.41, 5.74) is 1.91. The molecule has 0 bridgehead atoms. The van der Waals surface area contributed by atoms with Gasteiger partial charge in [-0.05, 0) is 44.0 Å². The first-order chi connectivity index (χ1) is 11.0. The lowest BCUT2D eigenvalue weighted by atomic mass is 10.2. The first-order valence-electron chi connectivity index (χ1n) is 7.70. The van der Waals surface area contributed by atoms with E-state index in [-0.39, 0.29) is 6.17 Å². The van der Waals surface area contributed by atoms with Crippen LogP contribution in [0.2, 0.25) is 0 Å². The Kier molecular flexibility index (Phi) is 3.32. The highest BCUT2D eigenvalue weighted by Crippen LogP contribution is 2.38. The van der Waals surface area contributed by atoms with Crippen LogP contribution in [-0.4, -0.2) is 21.1 Å². The van der Waals surface area contributed by atoms with E-state index < -0.39 is 10.0 Å². The Balaban J connectivity index is 1.71. The van der Waals surface area contributed by atoms with Crippen molar-refractivity contribution in [2.45, 2.75) is 30.8 Å². The van der Waals surface area contributed by atoms with Crippen molar-refractivity contribution in [3.05, 3.63) is 48.0 Å². The Morgan fingerprint density at radius 2 is 1.87 bits per heavy atom. The molecule has 1 saturated heterocycles. The molecule has 2 aromatic rings. The van der Waals surface area contributed by atoms with Gasteiger partial charge in [-0.25, -0.2) is 8.42 Å². The number of rotatable bonds is 2. The Morgan fingerprint density at radius 1 is 1.13 bits per heavy atom. The standard InChI is InChI=1S/C17H18N2O3S/c1-12-4-6-13(7-5-12)22-14-8-9-15-16(11-14)23(20,21)18-17-3-2-10-19(15)17/h4-9,11,17-18H,2-3,10H2,1H3. The Hall–Kier alpha value is -2.05. The second kappa shape index (κ2) is 5.25. The van der Waals surface area contributed by atoms with Crippen LogP contribution in [0.4, 0.5) is 5.69 Å². The summed E-state index contributed by atoms with van der Waals surface area (Å²) in [6.07, 6.45) is 1.73. The minimum absolute atomic E-state index is 0.114. The molecule has 0 amide bonds. The summed E-state index contributed by atoms with van der Waals surface area (Å²) in [5.74, 6) is 1.21. The van der Waals surface area contributed by atoms with Gasteiger partial charge in [0.05, 0.1) is 11.9 Å². The van der Waals surface area contributed by atoms with Gasteiger partial charge in [-0.15, -0.1) is 0 Å². The molecule has 0 aliphatic carbocycles. The van der Waals surface area contributed by atoms with Gasteiger partial charge in [-0.2, -0.15) is 4.72 Å². The molecule has 0 radical (unpaired) electrons. The molecule has 2 aliphatic rings. The number of fused-ring (bicyclic) bond motifs is 3. The maximum atomic E-state index is 12.5. The predicted octanol–water partition coefficient (Wildman–Crippen LogP) is 3.01. The topological polar surface area (TPSA) is 58.6 Å². The number of hydrogen-bond donors (Lipinski definition) is 1. The lowest BCUT2D eigenvalue weighted by molar-refractivity contribution is 0.479. The molecule has 2 aromatic carbocycles. The van der Waals surface area contributed by atoms with E-state index in [0.29, 0.717) is 16.4 Å². The van der Waals surface area contributed by atoms with E-state index in [1.54, 1.807) is 6.07 Å². The molecule has 4 rings (SSSR count). The average molecular weight is 330 g/mol. The highest BCUT2D eigenvalue weighted by atomic mass is 32.2. The minimum Gasteiger partial charge on any atom is -0.457 e. The molecule has 0 aromatic heterocycles. The van der Waals surface area contributed by atoms with Crippen molar-refractivity contribution < 1.29 is 13.2 Å². The second-order valence-electron chi connectivity index (χ2n) is 6.02. The van der Waals surface area contributed by atoms with Gasteiger partial charge in [0.2, 0.25) is 10.0 Å². The third-order valence-electron chi connectivity index (χ3n) is 4.33. The number of ether oxygens (including phenoxy) is 1. The van der Waals surface area contributed by atoms with E-state index >= 15 is 0 Å². The maximum Gasteiger partial charge on any atom is 0.244 e. The van der Waals surface area contributed by atoms with E-state index in [9.17, 15) is 8.42 Å². The van der Waals surface area contributed by atoms with Gasteiger partial charge < -0.3 is 9.64 Å². The van der Waals surface area contributed by atoms with E-state index in [2.05, 4.69) is 9.62 Å². The molecule has 6 heteroatoms. The van der Waals surface area contributed by atoms with Gasteiger partial charge in [0, 0.05) is 12.6 Å². The predicted molar refractivity (Wildman–Crippen MR) is 88.4 cm³/mol. The molecule has 1 unspecified atom stereocenters. The highest BCUT2D eigenvalue weighted by molar-refractivity contribution is 7.89. The molecule has 120 valence electrons. The summed E-state index contributed by atoms with van der Waals surface area (Å²) in [5, 5.41) is 0. The molecule has 0 saturated carbocycles. The largest absolute Gasteiger partial charge is 0.457 e. The van der Waals surface area contributed by atoms with E-state index in [0.717, 1.165) is 30.6 Å². The molecule has 23 heavy (non-hydrogen) atoms. The molecule has 1 fully saturated rings. The lowest BCUT2D eigenvalue weighted by Crippen LogP contribution is -2.48. The van der Waals surface area contributed by atoms with Gasteiger partial charge >= 0.3 is 0 Å². The number of nitrogens with one attached hydrogen (secondary N) is 1. The summed E-state index contributed by atoms with van der Waals surface area (Å²) >= 11 is 0. The zero-order chi connectivity index (χ0) is 16.0. The van der Waals surface area contributed by atoms with Crippen LogP contribution in [0.1, 0.15) is 18.4 Å². The SMILES string of the molecule is Cc1ccc(Oc2ccc3c(c2)S(=O)(=O)NC2CCCN32)cc1. The monoisotopic (exact) mass is 330 g/mol. The van der Waals surface area contributed by atoms with Crippen molar-refractivity contribution in [1.82, 2.24) is 4.72 Å². The molecule has 1 N–H and O–H groups in total. The van der Waals surface area contributed by atoms with Crippen molar-refractivity contribution in [3.63, 3.8) is 0 Å². The molecule has 2 aliphatic heterocycles. The fraction of sp³-hybridized carbons (Fsp3) is 0.294. The fourth-order valence-corrected chi connectivity index (χ4v) is 4.64. The first kappa shape index (κ1) is 14.5. The number of benzene rings is 2. The molecule has 5 nitrogen and oxygen atoms in total. The second-order valence-corrected chi connectivity index (χ2v) is 7.70. The minimum atomic E-state index is -3.49. The first-order valence-corrected chi connectivity index (χ1v) is 9.19. The molecule has 0 spiro atoms. The molecular weight excluding hydrogens is 312 g/mol. The zero-order valence-corrected chi connectivity index (χ0v) is 13.6. The van der Waals surface area contributed by atoms with Gasteiger partial charge in [0.1, 0.15) is 16.4 Å². The third-order valence-corrected chi connectivity index (χ3v) is 5.82. The van der Waals surface area contributed by atoms with Crippen LogP contribution in [0.3, 0.4) is 0 Å². The number of anilines is 1. The number of hydrogen-bond acceptors (Lipinski definition) is 4. The summed E-state index contributed by atoms with van der Waals surface area (Å²) < 4.78 is 33.5. The van der Waals surface area contributed by atoms with Crippen LogP contribution < -0.4 is 14.4 Å². The van der Waals surface area contributed by atoms with Crippen molar-refractivity contribution >= 4 is 15.7 Å². The van der Waals surface area contributed by atoms with Crippen molar-refractivity contribution in [1.29, 1.82) is 0 Å². The van der Waals surface area contributed by atoms with Crippen LogP contribution in [0.5, 0.6) is 11.5 Å². The molecular formula is C17H18N2O3S. The third kappa shape index (κ3) is 2.58. The maximum absolute atomic E-state index is 12.5. The van der Waals surface area contributed by atoms with Crippen LogP contribution in [-0.2, 0) is 10.0 Å². The molecule has 2 heterocycles. The van der Waals surface area contributed by atoms with E-state index in [4.69, 9.17) is 4.74 Å².